The summed E-state index contributed by atoms with van der Waals surface area (Å²) in [6, 6.07) is 0. The van der Waals surface area contributed by atoms with Crippen molar-refractivity contribution in [2.45, 2.75) is 0 Å². The second kappa shape index (κ2) is 4.27. The second-order valence-electron chi connectivity index (χ2n) is 0.683. The third-order valence-electron chi connectivity index (χ3n) is 0.283. The number of hydrogen-bond donors (Lipinski definition) is 1. The average Bonchev–Trinajstić information content (AvgIpc) is 1.61. The molecule has 2 radical (unpaired) electrons. The molecule has 30 valence electrons. The van der Waals surface area contributed by atoms with Gasteiger partial charge in [-0.2, -0.15) is 0 Å². The molecule has 0 aromatic carbocycles. The van der Waals surface area contributed by atoms with Crippen molar-refractivity contribution in [3.63, 3.8) is 0 Å². The Morgan fingerprint density at radius 3 is 2.50 bits per heavy atom. The van der Waals surface area contributed by atoms with Gasteiger partial charge in [0.2, 0.25) is 0 Å². The molecule has 0 heterocycles. The normalized spacial score (nSPS) is 11.3. The Morgan fingerprint density at radius 1 is 1.67 bits per heavy atom. The van der Waals surface area contributed by atoms with E-state index < -0.39 is 0 Å². The van der Waals surface area contributed by atoms with Gasteiger partial charge in [-0.1, -0.05) is 0 Å². The molecular formula is C3H5BN2. The molecule has 0 amide bonds. The van der Waals surface area contributed by atoms with E-state index in [4.69, 9.17) is 5.73 Å². The van der Waals surface area contributed by atoms with E-state index >= 15 is 0 Å². The van der Waals surface area contributed by atoms with Crippen LogP contribution in [0.1, 0.15) is 0 Å². The fourth-order valence-corrected chi connectivity index (χ4v) is 0.0994. The molecule has 0 saturated carbocycles. The molecule has 0 rings (SSSR count). The Bertz CT molecular complexity index is 57.2. The largest absolute Gasteiger partial charge is 0.405 e. The molecule has 0 aliphatic rings. The van der Waals surface area contributed by atoms with Crippen molar-refractivity contribution in [3.05, 3.63) is 12.3 Å². The van der Waals surface area contributed by atoms with Crippen molar-refractivity contribution in [2.24, 2.45) is 10.6 Å². The van der Waals surface area contributed by atoms with E-state index in [-0.39, 0.29) is 0 Å². The highest BCUT2D eigenvalue weighted by molar-refractivity contribution is 6.10. The van der Waals surface area contributed by atoms with Crippen LogP contribution in [0.25, 0.3) is 0 Å². The lowest BCUT2D eigenvalue weighted by Gasteiger charge is -1.64. The minimum absolute atomic E-state index is 1.36. The zero-order valence-corrected chi connectivity index (χ0v) is 3.33. The molecule has 0 unspecified atom stereocenters. The van der Waals surface area contributed by atoms with Crippen LogP contribution < -0.4 is 5.73 Å². The van der Waals surface area contributed by atoms with Crippen LogP contribution in [-0.4, -0.2) is 14.2 Å². The molecule has 6 heavy (non-hydrogen) atoms. The Morgan fingerprint density at radius 2 is 2.33 bits per heavy atom. The standard InChI is InChI=1S/C3H5BN2/c4-6-3-1-2-5/h1-3H,5H2. The summed E-state index contributed by atoms with van der Waals surface area (Å²) in [5.41, 5.74) is 4.89. The lowest BCUT2D eigenvalue weighted by molar-refractivity contribution is 1.62. The van der Waals surface area contributed by atoms with Crippen molar-refractivity contribution >= 4 is 14.2 Å². The third-order valence-corrected chi connectivity index (χ3v) is 0.283. The summed E-state index contributed by atoms with van der Waals surface area (Å²) < 4.78 is 0. The van der Waals surface area contributed by atoms with E-state index in [1.165, 1.54) is 12.4 Å². The molecule has 2 nitrogen and oxygen atoms in total. The Kier molecular flexibility index (Phi) is 3.76. The van der Waals surface area contributed by atoms with Crippen LogP contribution in [0.3, 0.4) is 0 Å². The number of allylic oxidation sites excluding steroid dienone is 1. The molecular weight excluding hydrogens is 74.9 g/mol. The van der Waals surface area contributed by atoms with Gasteiger partial charge in [0.15, 0.2) is 0 Å². The molecule has 0 spiro atoms. The molecule has 0 aromatic rings. The second-order valence-corrected chi connectivity index (χ2v) is 0.683. The highest BCUT2D eigenvalue weighted by Gasteiger charge is 1.49. The molecule has 0 saturated heterocycles. The summed E-state index contributed by atoms with van der Waals surface area (Å²) in [5, 5.41) is 0. The Labute approximate surface area is 38.2 Å². The lowest BCUT2D eigenvalue weighted by Crippen LogP contribution is -1.75. The summed E-state index contributed by atoms with van der Waals surface area (Å²) >= 11 is 0. The SMILES string of the molecule is [B]N=CC=CN. The number of nitrogens with two attached hydrogens (primary N) is 1. The van der Waals surface area contributed by atoms with E-state index in [1.807, 2.05) is 0 Å². The van der Waals surface area contributed by atoms with Gasteiger partial charge >= 0.3 is 0 Å². The molecule has 0 atom stereocenters. The molecule has 3 heteroatoms. The van der Waals surface area contributed by atoms with Crippen molar-refractivity contribution in [1.29, 1.82) is 0 Å². The van der Waals surface area contributed by atoms with E-state index in [1.54, 1.807) is 6.08 Å². The molecule has 0 bridgehead atoms. The van der Waals surface area contributed by atoms with Crippen LogP contribution in [0.4, 0.5) is 0 Å². The number of hydrogen-bond acceptors (Lipinski definition) is 2. The van der Waals surface area contributed by atoms with Gasteiger partial charge in [-0.25, -0.2) is 0 Å². The van der Waals surface area contributed by atoms with Crippen LogP contribution >= 0.6 is 0 Å². The lowest BCUT2D eigenvalue weighted by atomic mass is 10.5. The minimum atomic E-state index is 1.36. The van der Waals surface area contributed by atoms with Crippen LogP contribution in [0.2, 0.25) is 0 Å². The van der Waals surface area contributed by atoms with E-state index in [9.17, 15) is 0 Å². The summed E-state index contributed by atoms with van der Waals surface area (Å²) in [6.07, 6.45) is 4.30. The summed E-state index contributed by atoms with van der Waals surface area (Å²) in [7, 11) is 4.68. The predicted octanol–water partition coefficient (Wildman–Crippen LogP) is -0.387. The molecule has 2 N–H and O–H groups in total. The third kappa shape index (κ3) is 3.27. The van der Waals surface area contributed by atoms with Crippen molar-refractivity contribution in [2.75, 3.05) is 0 Å². The van der Waals surface area contributed by atoms with E-state index in [0.717, 1.165) is 0 Å². The quantitative estimate of drug-likeness (QED) is 0.338. The van der Waals surface area contributed by atoms with Crippen LogP contribution in [-0.2, 0) is 0 Å². The van der Waals surface area contributed by atoms with Gasteiger partial charge in [-0.3, -0.25) is 0 Å². The van der Waals surface area contributed by atoms with Crippen LogP contribution in [0.15, 0.2) is 17.2 Å². The molecule has 0 fully saturated rings. The molecule has 0 aliphatic heterocycles. The van der Waals surface area contributed by atoms with Crippen LogP contribution in [0, 0.1) is 0 Å². The number of rotatable bonds is 1. The fourth-order valence-electron chi connectivity index (χ4n) is 0.0994. The van der Waals surface area contributed by atoms with Gasteiger partial charge in [-0.15, -0.1) is 0 Å². The molecule has 0 aromatic heterocycles. The Hall–Kier alpha value is -0.725. The predicted molar refractivity (Wildman–Crippen MR) is 27.6 cm³/mol. The fraction of sp³-hybridized carbons (Fsp3) is 0. The maximum atomic E-state index is 4.89. The van der Waals surface area contributed by atoms with E-state index in [2.05, 4.69) is 12.9 Å². The Balaban J connectivity index is 3.07. The zero-order chi connectivity index (χ0) is 4.83. The monoisotopic (exact) mass is 80.1 g/mol. The van der Waals surface area contributed by atoms with Crippen LogP contribution in [0.5, 0.6) is 0 Å². The summed E-state index contributed by atoms with van der Waals surface area (Å²) in [4.78, 5) is 3.13. The van der Waals surface area contributed by atoms with Gasteiger partial charge in [0.25, 0.3) is 7.98 Å². The van der Waals surface area contributed by atoms with Gasteiger partial charge < -0.3 is 10.6 Å². The maximum Gasteiger partial charge on any atom is 0.259 e. The first-order chi connectivity index (χ1) is 2.91. The van der Waals surface area contributed by atoms with Gasteiger partial charge in [0.05, 0.1) is 0 Å². The smallest absolute Gasteiger partial charge is 0.259 e. The number of nitrogens with zero attached hydrogens (tertiary/aromatic N) is 1. The molecule has 0 aliphatic carbocycles. The summed E-state index contributed by atoms with van der Waals surface area (Å²) in [6.45, 7) is 0. The first-order valence-corrected chi connectivity index (χ1v) is 1.52. The average molecular weight is 79.9 g/mol. The minimum Gasteiger partial charge on any atom is -0.405 e. The van der Waals surface area contributed by atoms with Crippen molar-refractivity contribution in [3.8, 4) is 0 Å². The van der Waals surface area contributed by atoms with Gasteiger partial charge in [0, 0.05) is 6.21 Å². The van der Waals surface area contributed by atoms with E-state index in [0.29, 0.717) is 0 Å². The zero-order valence-electron chi connectivity index (χ0n) is 3.33. The van der Waals surface area contributed by atoms with Crippen molar-refractivity contribution in [1.82, 2.24) is 0 Å². The van der Waals surface area contributed by atoms with Gasteiger partial charge in [-0.05, 0) is 12.3 Å². The first kappa shape index (κ1) is 5.27. The highest BCUT2D eigenvalue weighted by atomic mass is 14.5. The first-order valence-electron chi connectivity index (χ1n) is 1.52. The summed E-state index contributed by atoms with van der Waals surface area (Å²) in [5.74, 6) is 0. The van der Waals surface area contributed by atoms with Gasteiger partial charge in [0.1, 0.15) is 0 Å². The maximum absolute atomic E-state index is 4.89. The highest BCUT2D eigenvalue weighted by Crippen LogP contribution is 1.52. The van der Waals surface area contributed by atoms with Crippen molar-refractivity contribution < 1.29 is 0 Å². The topological polar surface area (TPSA) is 38.4 Å².